The smallest absolute Gasteiger partial charge is 0.224 e. The van der Waals surface area contributed by atoms with E-state index in [4.69, 9.17) is 9.47 Å². The molecule has 0 spiro atoms. The first-order valence-corrected chi connectivity index (χ1v) is 8.81. The molecule has 7 heteroatoms. The number of hydrogen-bond donors (Lipinski definition) is 1. The predicted octanol–water partition coefficient (Wildman–Crippen LogP) is 1.80. The van der Waals surface area contributed by atoms with Crippen LogP contribution in [0.5, 0.6) is 11.5 Å². The van der Waals surface area contributed by atoms with Gasteiger partial charge in [0.2, 0.25) is 5.91 Å². The van der Waals surface area contributed by atoms with Crippen molar-refractivity contribution in [2.24, 2.45) is 0 Å². The number of halogens is 1. The second kappa shape index (κ2) is 8.66. The lowest BCUT2D eigenvalue weighted by molar-refractivity contribution is -0.131. The maximum Gasteiger partial charge on any atom is 0.224 e. The van der Waals surface area contributed by atoms with Crippen LogP contribution in [0.2, 0.25) is 0 Å². The molecule has 0 saturated carbocycles. The van der Waals surface area contributed by atoms with Crippen LogP contribution < -0.4 is 14.8 Å². The van der Waals surface area contributed by atoms with Crippen molar-refractivity contribution in [2.45, 2.75) is 18.6 Å². The molecule has 1 aromatic rings. The predicted molar refractivity (Wildman–Crippen MR) is 95.0 cm³/mol. The fourth-order valence-corrected chi connectivity index (χ4v) is 3.63. The summed E-state index contributed by atoms with van der Waals surface area (Å²) >= 11 is 1.91. The number of benzene rings is 1. The molecule has 1 N–H and O–H groups in total. The van der Waals surface area contributed by atoms with Gasteiger partial charge in [-0.05, 0) is 12.1 Å². The highest BCUT2D eigenvalue weighted by atomic mass is 35.5. The molecule has 3 rings (SSSR count). The maximum absolute atomic E-state index is 12.3. The summed E-state index contributed by atoms with van der Waals surface area (Å²) in [6, 6.07) is 7.93. The molecular weight excluding hydrogens is 336 g/mol. The number of para-hydroxylation sites is 2. The number of rotatable bonds is 4. The fourth-order valence-electron chi connectivity index (χ4n) is 2.68. The van der Waals surface area contributed by atoms with Crippen molar-refractivity contribution in [3.05, 3.63) is 24.3 Å². The Bertz CT molecular complexity index is 526. The van der Waals surface area contributed by atoms with Crippen LogP contribution in [0.25, 0.3) is 0 Å². The van der Waals surface area contributed by atoms with Crippen molar-refractivity contribution in [3.63, 3.8) is 0 Å². The zero-order chi connectivity index (χ0) is 15.4. The van der Waals surface area contributed by atoms with Gasteiger partial charge in [0.1, 0.15) is 6.61 Å². The molecule has 1 saturated heterocycles. The van der Waals surface area contributed by atoms with Gasteiger partial charge in [-0.25, -0.2) is 0 Å². The van der Waals surface area contributed by atoms with E-state index >= 15 is 0 Å². The lowest BCUT2D eigenvalue weighted by Gasteiger charge is -2.30. The SMILES string of the molecule is CN(CC1COc2ccccc2O1)C(=O)CC1CSCCN1.Cl. The number of thioether (sulfide) groups is 1. The summed E-state index contributed by atoms with van der Waals surface area (Å²) in [6.45, 7) is 2.02. The highest BCUT2D eigenvalue weighted by Gasteiger charge is 2.25. The fraction of sp³-hybridized carbons (Fsp3) is 0.562. The standard InChI is InChI=1S/C16H22N2O3S.ClH/c1-18(16(19)8-12-11-22-7-6-17-12)9-13-10-20-14-4-2-3-5-15(14)21-13;/h2-5,12-13,17H,6-11H2,1H3;1H. The van der Waals surface area contributed by atoms with Gasteiger partial charge in [-0.15, -0.1) is 12.4 Å². The van der Waals surface area contributed by atoms with Crippen LogP contribution in [0.4, 0.5) is 0 Å². The van der Waals surface area contributed by atoms with Crippen molar-refractivity contribution in [1.82, 2.24) is 10.2 Å². The Hall–Kier alpha value is -1.11. The van der Waals surface area contributed by atoms with Crippen molar-refractivity contribution in [1.29, 1.82) is 0 Å². The van der Waals surface area contributed by atoms with Gasteiger partial charge >= 0.3 is 0 Å². The van der Waals surface area contributed by atoms with E-state index in [9.17, 15) is 4.79 Å². The van der Waals surface area contributed by atoms with Crippen LogP contribution >= 0.6 is 24.2 Å². The zero-order valence-corrected chi connectivity index (χ0v) is 14.8. The van der Waals surface area contributed by atoms with E-state index in [1.807, 2.05) is 43.1 Å². The van der Waals surface area contributed by atoms with Gasteiger partial charge in [-0.1, -0.05) is 12.1 Å². The summed E-state index contributed by atoms with van der Waals surface area (Å²) in [5, 5.41) is 3.40. The molecule has 2 heterocycles. The zero-order valence-electron chi connectivity index (χ0n) is 13.2. The molecule has 0 bridgehead atoms. The van der Waals surface area contributed by atoms with Crippen LogP contribution in [0.3, 0.4) is 0 Å². The highest BCUT2D eigenvalue weighted by Crippen LogP contribution is 2.30. The Labute approximate surface area is 147 Å². The van der Waals surface area contributed by atoms with Gasteiger partial charge in [0.05, 0.1) is 6.54 Å². The molecule has 0 aromatic heterocycles. The van der Waals surface area contributed by atoms with Gasteiger partial charge in [0.15, 0.2) is 17.6 Å². The van der Waals surface area contributed by atoms with Crippen LogP contribution in [-0.4, -0.2) is 61.2 Å². The molecule has 1 aromatic carbocycles. The molecule has 2 aliphatic rings. The topological polar surface area (TPSA) is 50.8 Å². The van der Waals surface area contributed by atoms with Crippen LogP contribution in [0.15, 0.2) is 24.3 Å². The number of ether oxygens (including phenoxy) is 2. The number of hydrogen-bond acceptors (Lipinski definition) is 5. The minimum atomic E-state index is -0.113. The monoisotopic (exact) mass is 358 g/mol. The Morgan fingerprint density at radius 3 is 2.91 bits per heavy atom. The minimum absolute atomic E-state index is 0. The Morgan fingerprint density at radius 2 is 2.17 bits per heavy atom. The molecule has 2 aliphatic heterocycles. The van der Waals surface area contributed by atoms with Gasteiger partial charge in [0.25, 0.3) is 0 Å². The number of nitrogens with zero attached hydrogens (tertiary/aromatic N) is 1. The van der Waals surface area contributed by atoms with Gasteiger partial charge in [-0.2, -0.15) is 11.8 Å². The Balaban J connectivity index is 0.00000192. The molecule has 23 heavy (non-hydrogen) atoms. The number of amides is 1. The molecule has 2 unspecified atom stereocenters. The summed E-state index contributed by atoms with van der Waals surface area (Å²) in [5.41, 5.74) is 0. The normalized spacial score (nSPS) is 22.8. The number of carbonyl (C=O) groups is 1. The van der Waals surface area contributed by atoms with Gasteiger partial charge in [-0.3, -0.25) is 4.79 Å². The summed E-state index contributed by atoms with van der Waals surface area (Å²) in [5.74, 6) is 3.83. The third-order valence-electron chi connectivity index (χ3n) is 3.89. The Morgan fingerprint density at radius 1 is 1.39 bits per heavy atom. The average molecular weight is 359 g/mol. The quantitative estimate of drug-likeness (QED) is 0.889. The first-order chi connectivity index (χ1) is 10.7. The van der Waals surface area contributed by atoms with E-state index in [0.29, 0.717) is 19.6 Å². The molecule has 5 nitrogen and oxygen atoms in total. The molecule has 2 atom stereocenters. The van der Waals surface area contributed by atoms with Crippen molar-refractivity contribution in [3.8, 4) is 11.5 Å². The van der Waals surface area contributed by atoms with Crippen molar-refractivity contribution < 1.29 is 14.3 Å². The van der Waals surface area contributed by atoms with E-state index in [1.54, 1.807) is 4.90 Å². The second-order valence-corrected chi connectivity index (χ2v) is 6.85. The van der Waals surface area contributed by atoms with E-state index in [1.165, 1.54) is 0 Å². The number of nitrogens with one attached hydrogen (secondary N) is 1. The lowest BCUT2D eigenvalue weighted by atomic mass is 10.2. The molecule has 0 radical (unpaired) electrons. The average Bonchev–Trinajstić information content (AvgIpc) is 2.55. The summed E-state index contributed by atoms with van der Waals surface area (Å²) in [7, 11) is 1.84. The summed E-state index contributed by atoms with van der Waals surface area (Å²) in [4.78, 5) is 14.1. The first-order valence-electron chi connectivity index (χ1n) is 7.66. The molecule has 0 aliphatic carbocycles. The third-order valence-corrected chi connectivity index (χ3v) is 5.02. The highest BCUT2D eigenvalue weighted by molar-refractivity contribution is 7.99. The number of carbonyl (C=O) groups excluding carboxylic acids is 1. The molecule has 128 valence electrons. The number of fused-ring (bicyclic) bond motifs is 1. The van der Waals surface area contributed by atoms with E-state index in [-0.39, 0.29) is 30.5 Å². The van der Waals surface area contributed by atoms with Crippen LogP contribution in [0.1, 0.15) is 6.42 Å². The van der Waals surface area contributed by atoms with Crippen molar-refractivity contribution in [2.75, 3.05) is 38.2 Å². The Kier molecular flexibility index (Phi) is 6.87. The lowest BCUT2D eigenvalue weighted by Crippen LogP contribution is -2.45. The molecule has 1 amide bonds. The molecular formula is C16H23ClN2O3S. The van der Waals surface area contributed by atoms with Gasteiger partial charge in [0, 0.05) is 37.6 Å². The largest absolute Gasteiger partial charge is 0.486 e. The third kappa shape index (κ3) is 4.93. The van der Waals surface area contributed by atoms with E-state index in [2.05, 4.69) is 5.32 Å². The van der Waals surface area contributed by atoms with E-state index < -0.39 is 0 Å². The molecule has 1 fully saturated rings. The first kappa shape index (κ1) is 18.2. The van der Waals surface area contributed by atoms with Crippen LogP contribution in [-0.2, 0) is 4.79 Å². The minimum Gasteiger partial charge on any atom is -0.486 e. The van der Waals surface area contributed by atoms with Gasteiger partial charge < -0.3 is 19.7 Å². The van der Waals surface area contributed by atoms with Crippen molar-refractivity contribution >= 4 is 30.1 Å². The summed E-state index contributed by atoms with van der Waals surface area (Å²) < 4.78 is 11.6. The summed E-state index contributed by atoms with van der Waals surface area (Å²) in [6.07, 6.45) is 0.436. The number of likely N-dealkylation sites (N-methyl/N-ethyl adjacent to an activating group) is 1. The second-order valence-electron chi connectivity index (χ2n) is 5.70. The van der Waals surface area contributed by atoms with E-state index in [0.717, 1.165) is 29.5 Å². The maximum atomic E-state index is 12.3. The van der Waals surface area contributed by atoms with Crippen LogP contribution in [0, 0.1) is 0 Å².